The molecule has 0 saturated heterocycles. The Morgan fingerprint density at radius 1 is 0.943 bits per heavy atom. The predicted octanol–water partition coefficient (Wildman–Crippen LogP) is 5.68. The summed E-state index contributed by atoms with van der Waals surface area (Å²) in [6.07, 6.45) is 1.82. The molecule has 0 unspecified atom stereocenters. The molecule has 0 fully saturated rings. The number of anilines is 3. The highest BCUT2D eigenvalue weighted by Gasteiger charge is 2.39. The minimum Gasteiger partial charge on any atom is -0.349 e. The minimum absolute atomic E-state index is 0.0485. The van der Waals surface area contributed by atoms with Crippen LogP contribution in [0.4, 0.5) is 17.1 Å². The van der Waals surface area contributed by atoms with E-state index in [0.717, 1.165) is 34.6 Å². The van der Waals surface area contributed by atoms with Gasteiger partial charge in [0.1, 0.15) is 10.7 Å². The third-order valence-corrected chi connectivity index (χ3v) is 6.78. The Morgan fingerprint density at radius 3 is 2.54 bits per heavy atom. The van der Waals surface area contributed by atoms with Crippen molar-refractivity contribution in [3.8, 4) is 0 Å². The van der Waals surface area contributed by atoms with Gasteiger partial charge in [0, 0.05) is 28.5 Å². The highest BCUT2D eigenvalue weighted by molar-refractivity contribution is 6.53. The van der Waals surface area contributed by atoms with Crippen LogP contribution < -0.4 is 15.1 Å². The normalized spacial score (nSPS) is 15.5. The van der Waals surface area contributed by atoms with E-state index < -0.39 is 11.8 Å². The molecule has 0 atom stereocenters. The van der Waals surface area contributed by atoms with E-state index in [0.29, 0.717) is 28.5 Å². The van der Waals surface area contributed by atoms with Crippen molar-refractivity contribution in [2.45, 2.75) is 19.8 Å². The Kier molecular flexibility index (Phi) is 6.09. The fourth-order valence-electron chi connectivity index (χ4n) is 4.39. The van der Waals surface area contributed by atoms with Gasteiger partial charge in [-0.3, -0.25) is 14.4 Å². The number of hydrogen-bond donors (Lipinski definition) is 1. The molecule has 35 heavy (non-hydrogen) atoms. The Bertz CT molecular complexity index is 1420. The molecule has 2 heterocycles. The number of fused-ring (bicyclic) bond motifs is 1. The number of nitrogens with zero attached hydrogens (tertiary/aromatic N) is 2. The second-order valence-electron chi connectivity index (χ2n) is 8.46. The van der Waals surface area contributed by atoms with Gasteiger partial charge in [-0.1, -0.05) is 53.5 Å². The van der Waals surface area contributed by atoms with Gasteiger partial charge in [0.05, 0.1) is 5.69 Å². The first-order chi connectivity index (χ1) is 16.8. The standard InChI is InChI=1S/C27H21Cl2N3O3/c1-16-11-12-18(25(33)31-13-5-7-17-6-2-3-10-22(17)31)14-21(16)30-24-23(29)26(34)32(27(24)35)20-9-4-8-19(28)15-20/h2-4,6,8-12,14-15,30H,5,7,13H2,1H3. The summed E-state index contributed by atoms with van der Waals surface area (Å²) in [6, 6.07) is 19.6. The lowest BCUT2D eigenvalue weighted by molar-refractivity contribution is -0.120. The number of para-hydroxylation sites is 1. The summed E-state index contributed by atoms with van der Waals surface area (Å²) in [5.41, 5.74) is 4.11. The monoisotopic (exact) mass is 505 g/mol. The zero-order valence-corrected chi connectivity index (χ0v) is 20.4. The summed E-state index contributed by atoms with van der Waals surface area (Å²) >= 11 is 12.3. The maximum Gasteiger partial charge on any atom is 0.283 e. The van der Waals surface area contributed by atoms with Crippen LogP contribution in [0.1, 0.15) is 27.9 Å². The first-order valence-corrected chi connectivity index (χ1v) is 11.9. The van der Waals surface area contributed by atoms with Crippen molar-refractivity contribution in [1.82, 2.24) is 0 Å². The van der Waals surface area contributed by atoms with E-state index in [2.05, 4.69) is 5.32 Å². The highest BCUT2D eigenvalue weighted by Crippen LogP contribution is 2.33. The molecule has 3 aromatic rings. The number of hydrogen-bond acceptors (Lipinski definition) is 4. The van der Waals surface area contributed by atoms with E-state index in [4.69, 9.17) is 23.2 Å². The molecule has 0 radical (unpaired) electrons. The summed E-state index contributed by atoms with van der Waals surface area (Å²) in [5.74, 6) is -1.37. The van der Waals surface area contributed by atoms with Crippen LogP contribution >= 0.6 is 23.2 Å². The summed E-state index contributed by atoms with van der Waals surface area (Å²) in [7, 11) is 0. The van der Waals surface area contributed by atoms with Crippen LogP contribution in [0.2, 0.25) is 5.02 Å². The van der Waals surface area contributed by atoms with Crippen LogP contribution in [0.3, 0.4) is 0 Å². The fourth-order valence-corrected chi connectivity index (χ4v) is 4.78. The van der Waals surface area contributed by atoms with Crippen molar-refractivity contribution in [3.63, 3.8) is 0 Å². The SMILES string of the molecule is Cc1ccc(C(=O)N2CCCc3ccccc32)cc1NC1=C(Cl)C(=O)N(c2cccc(Cl)c2)C1=O. The maximum atomic E-state index is 13.4. The van der Waals surface area contributed by atoms with Gasteiger partial charge in [0.2, 0.25) is 0 Å². The van der Waals surface area contributed by atoms with Gasteiger partial charge in [0.15, 0.2) is 0 Å². The molecule has 176 valence electrons. The van der Waals surface area contributed by atoms with E-state index in [9.17, 15) is 14.4 Å². The first-order valence-electron chi connectivity index (χ1n) is 11.2. The number of nitrogens with one attached hydrogen (secondary N) is 1. The van der Waals surface area contributed by atoms with Gasteiger partial charge in [-0.15, -0.1) is 0 Å². The van der Waals surface area contributed by atoms with Crippen LogP contribution in [-0.4, -0.2) is 24.3 Å². The molecule has 0 bridgehead atoms. The predicted molar refractivity (Wildman–Crippen MR) is 138 cm³/mol. The number of carbonyl (C=O) groups is 3. The molecular formula is C27H21Cl2N3O3. The molecule has 2 aliphatic heterocycles. The van der Waals surface area contributed by atoms with E-state index in [1.165, 1.54) is 6.07 Å². The van der Waals surface area contributed by atoms with E-state index in [-0.39, 0.29) is 16.6 Å². The number of benzene rings is 3. The smallest absolute Gasteiger partial charge is 0.283 e. The lowest BCUT2D eigenvalue weighted by Crippen LogP contribution is -2.35. The zero-order chi connectivity index (χ0) is 24.7. The summed E-state index contributed by atoms with van der Waals surface area (Å²) in [6.45, 7) is 2.47. The third kappa shape index (κ3) is 4.20. The summed E-state index contributed by atoms with van der Waals surface area (Å²) in [5, 5.41) is 3.17. The zero-order valence-electron chi connectivity index (χ0n) is 18.8. The number of amides is 3. The second-order valence-corrected chi connectivity index (χ2v) is 9.27. The third-order valence-electron chi connectivity index (χ3n) is 6.19. The van der Waals surface area contributed by atoms with Crippen molar-refractivity contribution in [2.24, 2.45) is 0 Å². The Hall–Kier alpha value is -3.61. The molecule has 8 heteroatoms. The van der Waals surface area contributed by atoms with Gasteiger partial charge in [-0.05, 0) is 67.3 Å². The molecule has 3 amide bonds. The van der Waals surface area contributed by atoms with Crippen LogP contribution in [-0.2, 0) is 16.0 Å². The second kappa shape index (κ2) is 9.21. The van der Waals surface area contributed by atoms with Crippen molar-refractivity contribution >= 4 is 58.0 Å². The van der Waals surface area contributed by atoms with Gasteiger partial charge in [0.25, 0.3) is 17.7 Å². The average molecular weight is 506 g/mol. The molecule has 0 spiro atoms. The van der Waals surface area contributed by atoms with Crippen LogP contribution in [0.25, 0.3) is 0 Å². The van der Waals surface area contributed by atoms with Gasteiger partial charge < -0.3 is 10.2 Å². The average Bonchev–Trinajstić information content (AvgIpc) is 3.07. The van der Waals surface area contributed by atoms with Crippen molar-refractivity contribution in [3.05, 3.63) is 99.2 Å². The molecule has 1 N–H and O–H groups in total. The van der Waals surface area contributed by atoms with E-state index in [1.807, 2.05) is 31.2 Å². The van der Waals surface area contributed by atoms with Crippen LogP contribution in [0.5, 0.6) is 0 Å². The van der Waals surface area contributed by atoms with Crippen LogP contribution in [0, 0.1) is 6.92 Å². The minimum atomic E-state index is -0.642. The molecule has 0 aliphatic carbocycles. The molecule has 6 nitrogen and oxygen atoms in total. The first kappa shape index (κ1) is 23.1. The largest absolute Gasteiger partial charge is 0.349 e. The van der Waals surface area contributed by atoms with Gasteiger partial charge in [-0.25, -0.2) is 4.90 Å². The highest BCUT2D eigenvalue weighted by atomic mass is 35.5. The Morgan fingerprint density at radius 2 is 1.74 bits per heavy atom. The Balaban J connectivity index is 1.44. The summed E-state index contributed by atoms with van der Waals surface area (Å²) < 4.78 is 0. The number of halogens is 2. The quantitative estimate of drug-likeness (QED) is 0.463. The van der Waals surface area contributed by atoms with E-state index in [1.54, 1.807) is 41.3 Å². The van der Waals surface area contributed by atoms with Crippen molar-refractivity contribution in [1.29, 1.82) is 0 Å². The van der Waals surface area contributed by atoms with Crippen LogP contribution in [0.15, 0.2) is 77.5 Å². The van der Waals surface area contributed by atoms with Crippen molar-refractivity contribution < 1.29 is 14.4 Å². The molecular weight excluding hydrogens is 485 g/mol. The van der Waals surface area contributed by atoms with Gasteiger partial charge in [-0.2, -0.15) is 0 Å². The maximum absolute atomic E-state index is 13.4. The molecule has 3 aromatic carbocycles. The number of carbonyl (C=O) groups excluding carboxylic acids is 3. The molecule has 0 aromatic heterocycles. The van der Waals surface area contributed by atoms with Gasteiger partial charge >= 0.3 is 0 Å². The topological polar surface area (TPSA) is 69.7 Å². The molecule has 0 saturated carbocycles. The molecule has 2 aliphatic rings. The summed E-state index contributed by atoms with van der Waals surface area (Å²) in [4.78, 5) is 42.1. The van der Waals surface area contributed by atoms with E-state index >= 15 is 0 Å². The van der Waals surface area contributed by atoms with Crippen molar-refractivity contribution in [2.75, 3.05) is 21.7 Å². The lowest BCUT2D eigenvalue weighted by Gasteiger charge is -2.29. The Labute approximate surface area is 212 Å². The molecule has 5 rings (SSSR count). The number of aryl methyl sites for hydroxylation is 2. The fraction of sp³-hybridized carbons (Fsp3) is 0.148. The number of rotatable bonds is 4. The lowest BCUT2D eigenvalue weighted by atomic mass is 10.0. The number of imide groups is 1.